The molecule has 0 aliphatic carbocycles. The fourth-order valence-corrected chi connectivity index (χ4v) is 4.11. The topological polar surface area (TPSA) is 27.7 Å². The average molecular weight is 383 g/mol. The summed E-state index contributed by atoms with van der Waals surface area (Å²) in [6.07, 6.45) is 0. The molecule has 0 aliphatic heterocycles. The van der Waals surface area contributed by atoms with E-state index in [2.05, 4.69) is 24.9 Å². The van der Waals surface area contributed by atoms with Crippen LogP contribution >= 0.6 is 88.2 Å². The maximum atomic E-state index is 5.25. The Morgan fingerprint density at radius 3 is 1.29 bits per heavy atom. The molecule has 0 spiro atoms. The minimum Gasteiger partial charge on any atom is -0.256 e. The van der Waals surface area contributed by atoms with Crippen molar-refractivity contribution in [2.75, 3.05) is 0 Å². The van der Waals surface area contributed by atoms with Crippen LogP contribution in [0, 0.1) is 0 Å². The molecular weight excluding hydrogens is 383 g/mol. The summed E-state index contributed by atoms with van der Waals surface area (Å²) in [5.41, 5.74) is 0. The van der Waals surface area contributed by atoms with Crippen LogP contribution in [0.25, 0.3) is 0 Å². The summed E-state index contributed by atoms with van der Waals surface area (Å²) >= 11 is 41.1. The molecule has 14 heavy (non-hydrogen) atoms. The molecule has 0 N–H and O–H groups in total. The van der Waals surface area contributed by atoms with Crippen molar-refractivity contribution in [3.05, 3.63) is 0 Å². The van der Waals surface area contributed by atoms with Crippen molar-refractivity contribution in [1.82, 2.24) is 0 Å². The van der Waals surface area contributed by atoms with Crippen LogP contribution in [-0.2, 0) is 24.9 Å². The van der Waals surface area contributed by atoms with Crippen molar-refractivity contribution >= 4 is 100.0 Å². The van der Waals surface area contributed by atoms with Crippen LogP contribution in [0.4, 0.5) is 0 Å². The van der Waals surface area contributed by atoms with Gasteiger partial charge in [0.15, 0.2) is 0 Å². The molecule has 86 valence electrons. The van der Waals surface area contributed by atoms with Gasteiger partial charge in [-0.15, -0.1) is 0 Å². The van der Waals surface area contributed by atoms with E-state index in [1.54, 1.807) is 0 Å². The highest BCUT2D eigenvalue weighted by atomic mass is 35.6. The van der Waals surface area contributed by atoms with E-state index in [0.29, 0.717) is 0 Å². The second kappa shape index (κ2) is 5.94. The molecule has 0 rings (SSSR count). The van der Waals surface area contributed by atoms with Crippen LogP contribution in [0.2, 0.25) is 0 Å². The Morgan fingerprint density at radius 1 is 0.857 bits per heavy atom. The standard InChI is InChI=1S/C2Cl7O3PS/c3-1(4,5)10-13(14,12-9)11-2(6,7)8. The third-order valence-electron chi connectivity index (χ3n) is 0.515. The molecule has 0 aromatic heterocycles. The SMILES string of the molecule is S=P(OCl)(OC(Cl)(Cl)Cl)OC(Cl)(Cl)Cl. The fourth-order valence-electron chi connectivity index (χ4n) is 0.300. The lowest BCUT2D eigenvalue weighted by Gasteiger charge is -2.24. The first-order valence-corrected chi connectivity index (χ1v) is 7.56. The summed E-state index contributed by atoms with van der Waals surface area (Å²) in [6, 6.07) is 0. The summed E-state index contributed by atoms with van der Waals surface area (Å²) in [4.78, 5) is 0. The molecule has 0 radical (unpaired) electrons. The van der Waals surface area contributed by atoms with Crippen LogP contribution in [-0.4, -0.2) is 7.96 Å². The molecule has 0 aromatic carbocycles. The van der Waals surface area contributed by atoms with Crippen LogP contribution in [0.1, 0.15) is 0 Å². The lowest BCUT2D eigenvalue weighted by molar-refractivity contribution is 0.204. The predicted octanol–water partition coefficient (Wildman–Crippen LogP) is 5.07. The van der Waals surface area contributed by atoms with Gasteiger partial charge in [0.25, 0.3) is 0 Å². The van der Waals surface area contributed by atoms with Crippen LogP contribution < -0.4 is 0 Å². The number of alkyl halides is 6. The van der Waals surface area contributed by atoms with Gasteiger partial charge in [-0.3, -0.25) is 9.05 Å². The highest BCUT2D eigenvalue weighted by Crippen LogP contribution is 2.61. The molecular formula is C2Cl7O3PS. The largest absolute Gasteiger partial charge is 0.351 e. The van der Waals surface area contributed by atoms with E-state index < -0.39 is 14.7 Å². The quantitative estimate of drug-likeness (QED) is 0.503. The lowest BCUT2D eigenvalue weighted by atomic mass is 11.6. The van der Waals surface area contributed by atoms with Gasteiger partial charge in [-0.2, -0.15) is 4.08 Å². The normalized spacial score (nSPS) is 14.5. The van der Waals surface area contributed by atoms with Gasteiger partial charge in [0.05, 0.1) is 11.9 Å². The summed E-state index contributed by atoms with van der Waals surface area (Å²) in [6.45, 7) is -3.64. The van der Waals surface area contributed by atoms with Crippen molar-refractivity contribution < 1.29 is 13.1 Å². The van der Waals surface area contributed by atoms with E-state index in [1.165, 1.54) is 0 Å². The van der Waals surface area contributed by atoms with Crippen molar-refractivity contribution in [2.24, 2.45) is 0 Å². The molecule has 3 nitrogen and oxygen atoms in total. The molecule has 0 heterocycles. The molecule has 0 aliphatic rings. The minimum absolute atomic E-state index is 2.19. The third-order valence-corrected chi connectivity index (χ3v) is 4.25. The second-order valence-corrected chi connectivity index (χ2v) is 9.10. The molecule has 0 amide bonds. The Hall–Kier alpha value is 2.56. The molecule has 12 heteroatoms. The summed E-state index contributed by atoms with van der Waals surface area (Å²) < 4.78 is 8.83. The first-order chi connectivity index (χ1) is 5.97. The molecule has 0 saturated carbocycles. The van der Waals surface area contributed by atoms with E-state index in [0.717, 1.165) is 0 Å². The van der Waals surface area contributed by atoms with E-state index >= 15 is 0 Å². The highest BCUT2D eigenvalue weighted by Gasteiger charge is 2.39. The Morgan fingerprint density at radius 2 is 1.14 bits per heavy atom. The van der Waals surface area contributed by atoms with Gasteiger partial charge in [-0.1, -0.05) is 69.6 Å². The molecule has 0 aromatic rings. The first kappa shape index (κ1) is 16.6. The van der Waals surface area contributed by atoms with Gasteiger partial charge in [0.1, 0.15) is 0 Å². The zero-order valence-electron chi connectivity index (χ0n) is 5.73. The third kappa shape index (κ3) is 8.68. The highest BCUT2D eigenvalue weighted by molar-refractivity contribution is 8.08. The summed E-state index contributed by atoms with van der Waals surface area (Å²) in [7, 11) is 0. The maximum absolute atomic E-state index is 5.25. The maximum Gasteiger partial charge on any atom is 0.351 e. The van der Waals surface area contributed by atoms with E-state index in [9.17, 15) is 0 Å². The van der Waals surface area contributed by atoms with E-state index in [4.69, 9.17) is 81.5 Å². The zero-order chi connectivity index (χ0) is 11.6. The minimum atomic E-state index is -3.64. The van der Waals surface area contributed by atoms with Gasteiger partial charge in [-0.25, -0.2) is 0 Å². The van der Waals surface area contributed by atoms with Gasteiger partial charge in [0.2, 0.25) is 0 Å². The Balaban J connectivity index is 4.59. The Kier molecular flexibility index (Phi) is 7.03. The fraction of sp³-hybridized carbons (Fsp3) is 1.00. The summed E-state index contributed by atoms with van der Waals surface area (Å²) in [5.74, 6) is 0. The van der Waals surface area contributed by atoms with Gasteiger partial charge in [-0.05, 0) is 11.8 Å². The number of hydrogen-bond donors (Lipinski definition) is 0. The van der Waals surface area contributed by atoms with Crippen molar-refractivity contribution in [2.45, 2.75) is 7.96 Å². The zero-order valence-corrected chi connectivity index (χ0v) is 12.7. The predicted molar refractivity (Wildman–Crippen MR) is 64.0 cm³/mol. The smallest absolute Gasteiger partial charge is 0.256 e. The van der Waals surface area contributed by atoms with E-state index in [-0.39, 0.29) is 0 Å². The lowest BCUT2D eigenvalue weighted by Crippen LogP contribution is -2.13. The van der Waals surface area contributed by atoms with Gasteiger partial charge >= 0.3 is 14.7 Å². The molecule has 0 atom stereocenters. The second-order valence-electron chi connectivity index (χ2n) is 1.59. The number of rotatable bonds is 3. The number of halogens is 7. The Bertz CT molecular complexity index is 214. The Labute approximate surface area is 120 Å². The first-order valence-electron chi connectivity index (χ1n) is 2.43. The molecule has 0 unspecified atom stereocenters. The van der Waals surface area contributed by atoms with Crippen molar-refractivity contribution in [3.8, 4) is 0 Å². The van der Waals surface area contributed by atoms with Gasteiger partial charge < -0.3 is 0 Å². The monoisotopic (exact) mass is 380 g/mol. The van der Waals surface area contributed by atoms with Crippen molar-refractivity contribution in [1.29, 1.82) is 0 Å². The van der Waals surface area contributed by atoms with Crippen molar-refractivity contribution in [3.63, 3.8) is 0 Å². The number of hydrogen-bond acceptors (Lipinski definition) is 4. The van der Waals surface area contributed by atoms with Crippen LogP contribution in [0.3, 0.4) is 0 Å². The molecule has 0 bridgehead atoms. The summed E-state index contributed by atoms with van der Waals surface area (Å²) in [5, 5.41) is 0. The van der Waals surface area contributed by atoms with Gasteiger partial charge in [0, 0.05) is 0 Å². The van der Waals surface area contributed by atoms with E-state index in [1.807, 2.05) is 0 Å². The van der Waals surface area contributed by atoms with Crippen LogP contribution in [0.5, 0.6) is 0 Å². The van der Waals surface area contributed by atoms with Crippen LogP contribution in [0.15, 0.2) is 0 Å². The molecule has 0 saturated heterocycles. The average Bonchev–Trinajstić information content (AvgIpc) is 1.78. The molecule has 0 fully saturated rings.